The average Bonchev–Trinajstić information content (AvgIpc) is 3.32. The number of aryl methyl sites for hydroxylation is 1. The first kappa shape index (κ1) is 21.4. The third-order valence-electron chi connectivity index (χ3n) is 6.76. The maximum atomic E-state index is 13.5. The summed E-state index contributed by atoms with van der Waals surface area (Å²) in [5.74, 6) is -0.649. The first-order chi connectivity index (χ1) is 16.0. The number of rotatable bonds is 7. The van der Waals surface area contributed by atoms with E-state index in [9.17, 15) is 14.7 Å². The molecule has 4 nitrogen and oxygen atoms in total. The van der Waals surface area contributed by atoms with Crippen LogP contribution in [0.4, 0.5) is 5.69 Å². The predicted octanol–water partition coefficient (Wildman–Crippen LogP) is 5.22. The largest absolute Gasteiger partial charge is 0.375 e. The molecule has 0 fully saturated rings. The van der Waals surface area contributed by atoms with Crippen molar-refractivity contribution >= 4 is 23.0 Å². The lowest BCUT2D eigenvalue weighted by atomic mass is 9.88. The first-order valence-electron chi connectivity index (χ1n) is 11.5. The quantitative estimate of drug-likeness (QED) is 0.516. The molecule has 1 N–H and O–H groups in total. The number of aliphatic hydroxyl groups is 1. The third kappa shape index (κ3) is 3.81. The zero-order chi connectivity index (χ0) is 23.0. The molecule has 5 rings (SSSR count). The van der Waals surface area contributed by atoms with E-state index in [0.29, 0.717) is 23.4 Å². The van der Waals surface area contributed by atoms with Gasteiger partial charge in [0.05, 0.1) is 12.1 Å². The number of Topliss-reactive ketones (excluding diaryl/α,β-unsaturated/α-hetero) is 1. The van der Waals surface area contributed by atoms with E-state index in [1.54, 1.807) is 29.2 Å². The maximum Gasteiger partial charge on any atom is 0.264 e. The van der Waals surface area contributed by atoms with Crippen molar-refractivity contribution in [3.05, 3.63) is 107 Å². The summed E-state index contributed by atoms with van der Waals surface area (Å²) in [6.45, 7) is 2.41. The van der Waals surface area contributed by atoms with Gasteiger partial charge < -0.3 is 10.0 Å². The Morgan fingerprint density at radius 1 is 1.03 bits per heavy atom. The third-order valence-corrected chi connectivity index (χ3v) is 6.76. The second kappa shape index (κ2) is 8.45. The Morgan fingerprint density at radius 2 is 1.82 bits per heavy atom. The van der Waals surface area contributed by atoms with Crippen LogP contribution < -0.4 is 4.90 Å². The van der Waals surface area contributed by atoms with Gasteiger partial charge in [0.25, 0.3) is 5.91 Å². The summed E-state index contributed by atoms with van der Waals surface area (Å²) in [5.41, 5.74) is 4.82. The molecule has 0 aromatic heterocycles. The number of amides is 1. The zero-order valence-corrected chi connectivity index (χ0v) is 18.8. The highest BCUT2D eigenvalue weighted by Crippen LogP contribution is 2.43. The molecule has 4 heteroatoms. The normalized spacial score (nSPS) is 18.8. The average molecular weight is 438 g/mol. The van der Waals surface area contributed by atoms with Gasteiger partial charge in [-0.25, -0.2) is 0 Å². The van der Waals surface area contributed by atoms with Crippen LogP contribution in [0.2, 0.25) is 0 Å². The molecule has 1 amide bonds. The molecule has 2 aliphatic rings. The van der Waals surface area contributed by atoms with E-state index in [-0.39, 0.29) is 12.2 Å². The second-order valence-electron chi connectivity index (χ2n) is 9.00. The summed E-state index contributed by atoms with van der Waals surface area (Å²) in [6, 6.07) is 23.0. The minimum atomic E-state index is -1.84. The molecule has 0 spiro atoms. The van der Waals surface area contributed by atoms with Crippen molar-refractivity contribution in [2.24, 2.45) is 0 Å². The van der Waals surface area contributed by atoms with Gasteiger partial charge in [0, 0.05) is 17.7 Å². The SMILES string of the molecule is Cc1cccc(C(=O)C[C@]2(O)C(=O)N(CCCC3=CCc4ccccc43)c3ccccc32)c1. The first-order valence-corrected chi connectivity index (χ1v) is 11.5. The van der Waals surface area contributed by atoms with Crippen LogP contribution in [0.3, 0.4) is 0 Å². The molecule has 0 radical (unpaired) electrons. The fourth-order valence-corrected chi connectivity index (χ4v) is 5.07. The van der Waals surface area contributed by atoms with Crippen LogP contribution in [0.15, 0.2) is 78.9 Å². The lowest BCUT2D eigenvalue weighted by Crippen LogP contribution is -2.42. The minimum Gasteiger partial charge on any atom is -0.375 e. The highest BCUT2D eigenvalue weighted by atomic mass is 16.3. The van der Waals surface area contributed by atoms with Gasteiger partial charge in [0.1, 0.15) is 0 Å². The Morgan fingerprint density at radius 3 is 2.67 bits per heavy atom. The van der Waals surface area contributed by atoms with Crippen LogP contribution in [-0.4, -0.2) is 23.3 Å². The molecule has 3 aromatic carbocycles. The number of ketones is 1. The van der Waals surface area contributed by atoms with E-state index >= 15 is 0 Å². The molecule has 0 unspecified atom stereocenters. The van der Waals surface area contributed by atoms with E-state index in [2.05, 4.69) is 30.3 Å². The number of para-hydroxylation sites is 1. The lowest BCUT2D eigenvalue weighted by molar-refractivity contribution is -0.135. The van der Waals surface area contributed by atoms with E-state index in [1.807, 2.05) is 31.2 Å². The van der Waals surface area contributed by atoms with Crippen molar-refractivity contribution in [1.29, 1.82) is 0 Å². The van der Waals surface area contributed by atoms with Gasteiger partial charge in [0.15, 0.2) is 11.4 Å². The van der Waals surface area contributed by atoms with Crippen LogP contribution in [-0.2, 0) is 16.8 Å². The Labute approximate surface area is 194 Å². The number of allylic oxidation sites excluding steroid dienone is 2. The number of benzene rings is 3. The van der Waals surface area contributed by atoms with Gasteiger partial charge in [-0.05, 0) is 55.0 Å². The molecule has 1 aliphatic heterocycles. The highest BCUT2D eigenvalue weighted by Gasteiger charge is 2.50. The number of hydrogen-bond donors (Lipinski definition) is 1. The maximum absolute atomic E-state index is 13.5. The summed E-state index contributed by atoms with van der Waals surface area (Å²) in [6.07, 6.45) is 4.60. The van der Waals surface area contributed by atoms with Crippen LogP contribution in [0.25, 0.3) is 5.57 Å². The highest BCUT2D eigenvalue weighted by molar-refractivity contribution is 6.10. The minimum absolute atomic E-state index is 0.237. The van der Waals surface area contributed by atoms with Crippen molar-refractivity contribution < 1.29 is 14.7 Å². The number of carbonyl (C=O) groups is 2. The van der Waals surface area contributed by atoms with Gasteiger partial charge in [-0.2, -0.15) is 0 Å². The van der Waals surface area contributed by atoms with Gasteiger partial charge >= 0.3 is 0 Å². The topological polar surface area (TPSA) is 57.6 Å². The molecular formula is C29H27NO3. The van der Waals surface area contributed by atoms with Gasteiger partial charge in [0.2, 0.25) is 0 Å². The van der Waals surface area contributed by atoms with Crippen LogP contribution in [0.1, 0.15) is 51.9 Å². The van der Waals surface area contributed by atoms with Gasteiger partial charge in [-0.3, -0.25) is 9.59 Å². The second-order valence-corrected chi connectivity index (χ2v) is 9.00. The Bertz CT molecular complexity index is 1280. The standard InChI is InChI=1S/C29H27NO3/c1-20-8-6-10-23(18-20)27(31)19-29(33)25-13-4-5-14-26(25)30(28(29)32)17-7-11-22-16-15-21-9-2-3-12-24(21)22/h2-6,8-10,12-14,16,18,33H,7,11,15,17,19H2,1H3/t29-/m1/s1. The molecular weight excluding hydrogens is 410 g/mol. The summed E-state index contributed by atoms with van der Waals surface area (Å²) in [5, 5.41) is 11.5. The number of anilines is 1. The van der Waals surface area contributed by atoms with E-state index in [4.69, 9.17) is 0 Å². The van der Waals surface area contributed by atoms with Crippen molar-refractivity contribution in [3.8, 4) is 0 Å². The van der Waals surface area contributed by atoms with E-state index in [0.717, 1.165) is 24.8 Å². The molecule has 1 aliphatic carbocycles. The van der Waals surface area contributed by atoms with Crippen LogP contribution in [0, 0.1) is 6.92 Å². The summed E-state index contributed by atoms with van der Waals surface area (Å²) in [4.78, 5) is 28.1. The molecule has 3 aromatic rings. The number of fused-ring (bicyclic) bond motifs is 2. The molecule has 1 heterocycles. The van der Waals surface area contributed by atoms with Crippen molar-refractivity contribution in [1.82, 2.24) is 0 Å². The molecule has 0 saturated heterocycles. The predicted molar refractivity (Wildman–Crippen MR) is 130 cm³/mol. The smallest absolute Gasteiger partial charge is 0.264 e. The van der Waals surface area contributed by atoms with Crippen LogP contribution in [0.5, 0.6) is 0 Å². The number of carbonyl (C=O) groups excluding carboxylic acids is 2. The molecule has 0 saturated carbocycles. The Kier molecular flexibility index (Phi) is 5.47. The Hall–Kier alpha value is -3.50. The fraction of sp³-hybridized carbons (Fsp3) is 0.241. The van der Waals surface area contributed by atoms with Crippen molar-refractivity contribution in [3.63, 3.8) is 0 Å². The number of nitrogens with zero attached hydrogens (tertiary/aromatic N) is 1. The van der Waals surface area contributed by atoms with Gasteiger partial charge in [-0.15, -0.1) is 0 Å². The lowest BCUT2D eigenvalue weighted by Gasteiger charge is -2.23. The summed E-state index contributed by atoms with van der Waals surface area (Å²) >= 11 is 0. The van der Waals surface area contributed by atoms with Crippen molar-refractivity contribution in [2.75, 3.05) is 11.4 Å². The molecule has 33 heavy (non-hydrogen) atoms. The summed E-state index contributed by atoms with van der Waals surface area (Å²) < 4.78 is 0. The van der Waals surface area contributed by atoms with Crippen LogP contribution >= 0.6 is 0 Å². The molecule has 1 atom stereocenters. The Balaban J connectivity index is 1.33. The fourth-order valence-electron chi connectivity index (χ4n) is 5.07. The van der Waals surface area contributed by atoms with E-state index in [1.165, 1.54) is 16.7 Å². The van der Waals surface area contributed by atoms with Gasteiger partial charge in [-0.1, -0.05) is 72.3 Å². The molecule has 166 valence electrons. The summed E-state index contributed by atoms with van der Waals surface area (Å²) in [7, 11) is 0. The number of hydrogen-bond acceptors (Lipinski definition) is 3. The molecule has 0 bridgehead atoms. The zero-order valence-electron chi connectivity index (χ0n) is 18.8. The van der Waals surface area contributed by atoms with Crippen molar-refractivity contribution in [2.45, 2.75) is 38.2 Å². The monoisotopic (exact) mass is 437 g/mol. The van der Waals surface area contributed by atoms with E-state index < -0.39 is 11.5 Å².